The van der Waals surface area contributed by atoms with Gasteiger partial charge in [-0.05, 0) is 19.1 Å². The summed E-state index contributed by atoms with van der Waals surface area (Å²) in [4.78, 5) is 28.4. The quantitative estimate of drug-likeness (QED) is 0.751. The number of amides is 1. The molecule has 128 valence electrons. The SMILES string of the molecule is CCOC(=O)CN(C)C(=O)c1ccc(-c2noc(C(F)F)n2)cc1. The maximum Gasteiger partial charge on any atom is 0.325 e. The second-order valence-corrected chi connectivity index (χ2v) is 4.80. The van der Waals surface area contributed by atoms with Crippen molar-refractivity contribution < 1.29 is 27.6 Å². The van der Waals surface area contributed by atoms with E-state index in [1.54, 1.807) is 6.92 Å². The Morgan fingerprint density at radius 1 is 1.29 bits per heavy atom. The molecule has 1 aromatic carbocycles. The predicted octanol–water partition coefficient (Wildman–Crippen LogP) is 2.31. The van der Waals surface area contributed by atoms with Gasteiger partial charge in [0, 0.05) is 18.2 Å². The highest BCUT2D eigenvalue weighted by Gasteiger charge is 2.18. The summed E-state index contributed by atoms with van der Waals surface area (Å²) in [5, 5.41) is 3.45. The Morgan fingerprint density at radius 3 is 2.50 bits per heavy atom. The maximum atomic E-state index is 12.4. The van der Waals surface area contributed by atoms with Crippen LogP contribution in [0.1, 0.15) is 29.6 Å². The molecule has 1 aromatic heterocycles. The van der Waals surface area contributed by atoms with Crippen molar-refractivity contribution in [3.8, 4) is 11.4 Å². The van der Waals surface area contributed by atoms with Crippen molar-refractivity contribution in [3.05, 3.63) is 35.7 Å². The number of aromatic nitrogens is 2. The monoisotopic (exact) mass is 339 g/mol. The molecule has 0 bridgehead atoms. The number of ether oxygens (including phenoxy) is 1. The van der Waals surface area contributed by atoms with Crippen LogP contribution in [0.3, 0.4) is 0 Å². The molecule has 0 N–H and O–H groups in total. The predicted molar refractivity (Wildman–Crippen MR) is 78.3 cm³/mol. The van der Waals surface area contributed by atoms with Crippen molar-refractivity contribution in [2.45, 2.75) is 13.3 Å². The maximum absolute atomic E-state index is 12.4. The Bertz CT molecular complexity index is 716. The van der Waals surface area contributed by atoms with Crippen LogP contribution < -0.4 is 0 Å². The van der Waals surface area contributed by atoms with Gasteiger partial charge in [0.2, 0.25) is 5.82 Å². The van der Waals surface area contributed by atoms with Crippen molar-refractivity contribution in [1.82, 2.24) is 15.0 Å². The van der Waals surface area contributed by atoms with Crippen LogP contribution in [-0.4, -0.2) is 47.1 Å². The van der Waals surface area contributed by atoms with Crippen LogP contribution in [0.2, 0.25) is 0 Å². The topological polar surface area (TPSA) is 85.5 Å². The fourth-order valence-corrected chi connectivity index (χ4v) is 1.90. The summed E-state index contributed by atoms with van der Waals surface area (Å²) < 4.78 is 34.1. The molecule has 0 unspecified atom stereocenters. The van der Waals surface area contributed by atoms with Gasteiger partial charge in [0.25, 0.3) is 11.8 Å². The second-order valence-electron chi connectivity index (χ2n) is 4.80. The number of hydrogen-bond acceptors (Lipinski definition) is 6. The Labute approximate surface area is 136 Å². The fraction of sp³-hybridized carbons (Fsp3) is 0.333. The summed E-state index contributed by atoms with van der Waals surface area (Å²) in [5.41, 5.74) is 0.748. The van der Waals surface area contributed by atoms with Gasteiger partial charge in [0.15, 0.2) is 0 Å². The molecule has 7 nitrogen and oxygen atoms in total. The average molecular weight is 339 g/mol. The number of hydrogen-bond donors (Lipinski definition) is 0. The normalized spacial score (nSPS) is 10.7. The molecular weight excluding hydrogens is 324 g/mol. The molecule has 0 radical (unpaired) electrons. The minimum absolute atomic E-state index is 0.00387. The molecule has 0 fully saturated rings. The van der Waals surface area contributed by atoms with E-state index in [0.717, 1.165) is 0 Å². The number of likely N-dealkylation sites (N-methyl/N-ethyl adjacent to an activating group) is 1. The van der Waals surface area contributed by atoms with Crippen LogP contribution in [0.25, 0.3) is 11.4 Å². The number of benzene rings is 1. The van der Waals surface area contributed by atoms with Gasteiger partial charge in [0.05, 0.1) is 6.61 Å². The van der Waals surface area contributed by atoms with Gasteiger partial charge in [-0.1, -0.05) is 17.3 Å². The second kappa shape index (κ2) is 7.62. The summed E-state index contributed by atoms with van der Waals surface area (Å²) in [6.07, 6.45) is -2.84. The minimum atomic E-state index is -2.84. The van der Waals surface area contributed by atoms with Crippen molar-refractivity contribution in [2.75, 3.05) is 20.2 Å². The van der Waals surface area contributed by atoms with E-state index in [1.807, 2.05) is 0 Å². The smallest absolute Gasteiger partial charge is 0.325 e. The molecular formula is C15H15F2N3O4. The van der Waals surface area contributed by atoms with E-state index < -0.39 is 18.3 Å². The van der Waals surface area contributed by atoms with Crippen LogP contribution in [0, 0.1) is 0 Å². The van der Waals surface area contributed by atoms with E-state index in [4.69, 9.17) is 4.74 Å². The number of esters is 1. The molecule has 0 atom stereocenters. The lowest BCUT2D eigenvalue weighted by molar-refractivity contribution is -0.143. The third-order valence-electron chi connectivity index (χ3n) is 3.04. The standard InChI is InChI=1S/C15H15F2N3O4/c1-3-23-11(21)8-20(2)15(22)10-6-4-9(5-7-10)13-18-14(12(16)17)24-19-13/h4-7,12H,3,8H2,1-2H3. The zero-order valence-electron chi connectivity index (χ0n) is 13.0. The van der Waals surface area contributed by atoms with Gasteiger partial charge in [-0.15, -0.1) is 0 Å². The number of carbonyl (C=O) groups excluding carboxylic acids is 2. The van der Waals surface area contributed by atoms with Crippen LogP contribution in [-0.2, 0) is 9.53 Å². The minimum Gasteiger partial charge on any atom is -0.465 e. The molecule has 24 heavy (non-hydrogen) atoms. The van der Waals surface area contributed by atoms with Gasteiger partial charge < -0.3 is 14.2 Å². The molecule has 0 aliphatic heterocycles. The molecule has 1 amide bonds. The van der Waals surface area contributed by atoms with E-state index in [0.29, 0.717) is 11.1 Å². The largest absolute Gasteiger partial charge is 0.465 e. The van der Waals surface area contributed by atoms with E-state index >= 15 is 0 Å². The van der Waals surface area contributed by atoms with Gasteiger partial charge in [0.1, 0.15) is 6.54 Å². The molecule has 9 heteroatoms. The third-order valence-corrected chi connectivity index (χ3v) is 3.04. The number of nitrogens with zero attached hydrogens (tertiary/aromatic N) is 3. The summed E-state index contributed by atoms with van der Waals surface area (Å²) in [6.45, 7) is 1.74. The lowest BCUT2D eigenvalue weighted by Gasteiger charge is -2.16. The summed E-state index contributed by atoms with van der Waals surface area (Å²) in [7, 11) is 1.47. The number of alkyl halides is 2. The molecule has 2 aromatic rings. The highest BCUT2D eigenvalue weighted by atomic mass is 19.3. The summed E-state index contributed by atoms with van der Waals surface area (Å²) in [5.74, 6) is -1.64. The zero-order chi connectivity index (χ0) is 17.7. The lowest BCUT2D eigenvalue weighted by Crippen LogP contribution is -2.33. The first-order valence-electron chi connectivity index (χ1n) is 7.05. The zero-order valence-corrected chi connectivity index (χ0v) is 13.0. The molecule has 0 saturated heterocycles. The van der Waals surface area contributed by atoms with Gasteiger partial charge in [-0.25, -0.2) is 0 Å². The first-order valence-corrected chi connectivity index (χ1v) is 7.05. The molecule has 1 heterocycles. The van der Waals surface area contributed by atoms with Crippen LogP contribution in [0.15, 0.2) is 28.8 Å². The van der Waals surface area contributed by atoms with E-state index in [9.17, 15) is 18.4 Å². The molecule has 0 spiro atoms. The first-order chi connectivity index (χ1) is 11.4. The molecule has 0 saturated carbocycles. The van der Waals surface area contributed by atoms with Crippen molar-refractivity contribution in [3.63, 3.8) is 0 Å². The molecule has 0 aliphatic rings. The Balaban J connectivity index is 2.07. The van der Waals surface area contributed by atoms with Crippen LogP contribution in [0.5, 0.6) is 0 Å². The van der Waals surface area contributed by atoms with E-state index in [-0.39, 0.29) is 24.9 Å². The van der Waals surface area contributed by atoms with Crippen molar-refractivity contribution in [2.24, 2.45) is 0 Å². The Morgan fingerprint density at radius 2 is 1.96 bits per heavy atom. The van der Waals surface area contributed by atoms with Gasteiger partial charge >= 0.3 is 12.4 Å². The highest BCUT2D eigenvalue weighted by Crippen LogP contribution is 2.22. The van der Waals surface area contributed by atoms with Crippen molar-refractivity contribution in [1.29, 1.82) is 0 Å². The number of rotatable bonds is 6. The summed E-state index contributed by atoms with van der Waals surface area (Å²) >= 11 is 0. The number of halogens is 2. The number of carbonyl (C=O) groups is 2. The van der Waals surface area contributed by atoms with Gasteiger partial charge in [-0.2, -0.15) is 13.8 Å². The first kappa shape index (κ1) is 17.5. The Hall–Kier alpha value is -2.84. The van der Waals surface area contributed by atoms with E-state index in [2.05, 4.69) is 14.7 Å². The van der Waals surface area contributed by atoms with E-state index in [1.165, 1.54) is 36.2 Å². The lowest BCUT2D eigenvalue weighted by atomic mass is 10.1. The molecule has 0 aliphatic carbocycles. The summed E-state index contributed by atoms with van der Waals surface area (Å²) in [6, 6.07) is 5.98. The van der Waals surface area contributed by atoms with Crippen molar-refractivity contribution >= 4 is 11.9 Å². The van der Waals surface area contributed by atoms with Gasteiger partial charge in [-0.3, -0.25) is 9.59 Å². The third kappa shape index (κ3) is 4.12. The Kier molecular flexibility index (Phi) is 5.56. The fourth-order valence-electron chi connectivity index (χ4n) is 1.90. The average Bonchev–Trinajstić information content (AvgIpc) is 3.04. The highest BCUT2D eigenvalue weighted by molar-refractivity contribution is 5.96. The van der Waals surface area contributed by atoms with Crippen LogP contribution in [0.4, 0.5) is 8.78 Å². The van der Waals surface area contributed by atoms with Crippen LogP contribution >= 0.6 is 0 Å². The molecule has 2 rings (SSSR count).